The SMILES string of the molecule is CCNC(CCO)CN(CCOC)C(C)C. The number of aliphatic hydroxyl groups is 1. The first-order chi connectivity index (χ1) is 7.65. The van der Waals surface area contributed by atoms with E-state index in [4.69, 9.17) is 9.84 Å². The van der Waals surface area contributed by atoms with Gasteiger partial charge in [-0.2, -0.15) is 0 Å². The number of hydrogen-bond acceptors (Lipinski definition) is 4. The zero-order chi connectivity index (χ0) is 12.4. The number of methoxy groups -OCH3 is 1. The first-order valence-corrected chi connectivity index (χ1v) is 6.22. The number of rotatable bonds is 10. The van der Waals surface area contributed by atoms with Gasteiger partial charge in [0, 0.05) is 38.9 Å². The molecule has 0 fully saturated rings. The van der Waals surface area contributed by atoms with Gasteiger partial charge in [-0.05, 0) is 26.8 Å². The summed E-state index contributed by atoms with van der Waals surface area (Å²) in [5.41, 5.74) is 0. The van der Waals surface area contributed by atoms with Crippen LogP contribution in [0.3, 0.4) is 0 Å². The standard InChI is InChI=1S/C12H28N2O2/c1-5-13-12(6-8-15)10-14(11(2)3)7-9-16-4/h11-13,15H,5-10H2,1-4H3. The molecule has 0 saturated carbocycles. The molecular weight excluding hydrogens is 204 g/mol. The Kier molecular flexibility index (Phi) is 9.92. The quantitative estimate of drug-likeness (QED) is 0.582. The van der Waals surface area contributed by atoms with Gasteiger partial charge in [0.2, 0.25) is 0 Å². The molecule has 0 spiro atoms. The monoisotopic (exact) mass is 232 g/mol. The molecular formula is C12H28N2O2. The number of aliphatic hydroxyl groups excluding tert-OH is 1. The minimum Gasteiger partial charge on any atom is -0.396 e. The van der Waals surface area contributed by atoms with Gasteiger partial charge in [0.25, 0.3) is 0 Å². The highest BCUT2D eigenvalue weighted by Crippen LogP contribution is 2.02. The first-order valence-electron chi connectivity index (χ1n) is 6.22. The summed E-state index contributed by atoms with van der Waals surface area (Å²) in [7, 11) is 1.73. The van der Waals surface area contributed by atoms with Crippen LogP contribution in [0.15, 0.2) is 0 Å². The average molecular weight is 232 g/mol. The fourth-order valence-corrected chi connectivity index (χ4v) is 1.75. The Morgan fingerprint density at radius 3 is 2.50 bits per heavy atom. The molecule has 0 heterocycles. The van der Waals surface area contributed by atoms with E-state index in [-0.39, 0.29) is 6.61 Å². The van der Waals surface area contributed by atoms with Crippen LogP contribution in [0.2, 0.25) is 0 Å². The highest BCUT2D eigenvalue weighted by atomic mass is 16.5. The normalized spacial score (nSPS) is 13.7. The smallest absolute Gasteiger partial charge is 0.0589 e. The van der Waals surface area contributed by atoms with E-state index in [0.717, 1.165) is 32.7 Å². The van der Waals surface area contributed by atoms with E-state index in [2.05, 4.69) is 31.0 Å². The third kappa shape index (κ3) is 7.17. The Morgan fingerprint density at radius 1 is 1.38 bits per heavy atom. The van der Waals surface area contributed by atoms with Crippen molar-refractivity contribution in [3.8, 4) is 0 Å². The van der Waals surface area contributed by atoms with Crippen molar-refractivity contribution in [3.63, 3.8) is 0 Å². The summed E-state index contributed by atoms with van der Waals surface area (Å²) in [6, 6.07) is 0.879. The first kappa shape index (κ1) is 15.8. The lowest BCUT2D eigenvalue weighted by Crippen LogP contribution is -2.45. The van der Waals surface area contributed by atoms with E-state index < -0.39 is 0 Å². The van der Waals surface area contributed by atoms with Gasteiger partial charge in [-0.1, -0.05) is 6.92 Å². The zero-order valence-electron chi connectivity index (χ0n) is 11.2. The molecule has 4 nitrogen and oxygen atoms in total. The van der Waals surface area contributed by atoms with Gasteiger partial charge in [0.15, 0.2) is 0 Å². The Labute approximate surface area is 100.0 Å². The van der Waals surface area contributed by atoms with Crippen molar-refractivity contribution in [2.24, 2.45) is 0 Å². The number of likely N-dealkylation sites (N-methyl/N-ethyl adjacent to an activating group) is 1. The van der Waals surface area contributed by atoms with Gasteiger partial charge in [-0.25, -0.2) is 0 Å². The second-order valence-electron chi connectivity index (χ2n) is 4.35. The second-order valence-corrected chi connectivity index (χ2v) is 4.35. The summed E-state index contributed by atoms with van der Waals surface area (Å²) >= 11 is 0. The van der Waals surface area contributed by atoms with Crippen molar-refractivity contribution in [2.75, 3.05) is 40.0 Å². The lowest BCUT2D eigenvalue weighted by Gasteiger charge is -2.30. The Morgan fingerprint density at radius 2 is 2.06 bits per heavy atom. The summed E-state index contributed by atoms with van der Waals surface area (Å²) in [6.45, 7) is 10.3. The van der Waals surface area contributed by atoms with Crippen LogP contribution in [-0.4, -0.2) is 62.0 Å². The summed E-state index contributed by atoms with van der Waals surface area (Å²) in [6.07, 6.45) is 0.810. The van der Waals surface area contributed by atoms with Crippen LogP contribution in [0, 0.1) is 0 Å². The molecule has 2 N–H and O–H groups in total. The van der Waals surface area contributed by atoms with Crippen LogP contribution in [0.25, 0.3) is 0 Å². The molecule has 0 aliphatic heterocycles. The van der Waals surface area contributed by atoms with E-state index >= 15 is 0 Å². The topological polar surface area (TPSA) is 44.7 Å². The molecule has 1 unspecified atom stereocenters. The van der Waals surface area contributed by atoms with Crippen molar-refractivity contribution in [1.82, 2.24) is 10.2 Å². The van der Waals surface area contributed by atoms with E-state index in [0.29, 0.717) is 12.1 Å². The van der Waals surface area contributed by atoms with Gasteiger partial charge in [0.1, 0.15) is 0 Å². The van der Waals surface area contributed by atoms with Crippen LogP contribution in [0.4, 0.5) is 0 Å². The lowest BCUT2D eigenvalue weighted by molar-refractivity contribution is 0.117. The highest BCUT2D eigenvalue weighted by molar-refractivity contribution is 4.73. The molecule has 98 valence electrons. The fourth-order valence-electron chi connectivity index (χ4n) is 1.75. The molecule has 1 atom stereocenters. The maximum atomic E-state index is 9.01. The molecule has 0 amide bonds. The van der Waals surface area contributed by atoms with Gasteiger partial charge in [-0.15, -0.1) is 0 Å². The minimum absolute atomic E-state index is 0.244. The van der Waals surface area contributed by atoms with Crippen LogP contribution >= 0.6 is 0 Å². The molecule has 0 saturated heterocycles. The van der Waals surface area contributed by atoms with Crippen molar-refractivity contribution >= 4 is 0 Å². The predicted octanol–water partition coefficient (Wildman–Crippen LogP) is 0.704. The van der Waals surface area contributed by atoms with Gasteiger partial charge in [-0.3, -0.25) is 4.90 Å². The summed E-state index contributed by atoms with van der Waals surface area (Å²) < 4.78 is 5.11. The third-order valence-electron chi connectivity index (χ3n) is 2.74. The maximum absolute atomic E-state index is 9.01. The molecule has 16 heavy (non-hydrogen) atoms. The van der Waals surface area contributed by atoms with Crippen LogP contribution in [-0.2, 0) is 4.74 Å². The summed E-state index contributed by atoms with van der Waals surface area (Å²) in [5, 5.41) is 12.4. The van der Waals surface area contributed by atoms with Crippen molar-refractivity contribution < 1.29 is 9.84 Å². The second kappa shape index (κ2) is 10.0. The number of ether oxygens (including phenoxy) is 1. The van der Waals surface area contributed by atoms with Crippen molar-refractivity contribution in [3.05, 3.63) is 0 Å². The molecule has 0 aliphatic carbocycles. The van der Waals surface area contributed by atoms with Crippen molar-refractivity contribution in [2.45, 2.75) is 39.3 Å². The molecule has 0 aromatic carbocycles. The molecule has 0 bridgehead atoms. The van der Waals surface area contributed by atoms with Crippen LogP contribution in [0.1, 0.15) is 27.2 Å². The van der Waals surface area contributed by atoms with Gasteiger partial charge >= 0.3 is 0 Å². The Bertz CT molecular complexity index is 148. The Hall–Kier alpha value is -0.160. The van der Waals surface area contributed by atoms with E-state index in [1.54, 1.807) is 7.11 Å². The lowest BCUT2D eigenvalue weighted by atomic mass is 10.1. The average Bonchev–Trinajstić information content (AvgIpc) is 2.24. The minimum atomic E-state index is 0.244. The molecule has 0 aliphatic rings. The summed E-state index contributed by atoms with van der Waals surface area (Å²) in [5.74, 6) is 0. The van der Waals surface area contributed by atoms with Crippen LogP contribution < -0.4 is 5.32 Å². The predicted molar refractivity (Wildman–Crippen MR) is 67.8 cm³/mol. The summed E-state index contributed by atoms with van der Waals surface area (Å²) in [4.78, 5) is 2.38. The molecule has 0 rings (SSSR count). The van der Waals surface area contributed by atoms with E-state index in [9.17, 15) is 0 Å². The fraction of sp³-hybridized carbons (Fsp3) is 1.00. The largest absolute Gasteiger partial charge is 0.396 e. The molecule has 0 radical (unpaired) electrons. The number of nitrogens with one attached hydrogen (secondary N) is 1. The Balaban J connectivity index is 4.09. The number of hydrogen-bond donors (Lipinski definition) is 2. The molecule has 4 heteroatoms. The molecule has 0 aromatic heterocycles. The highest BCUT2D eigenvalue weighted by Gasteiger charge is 2.15. The van der Waals surface area contributed by atoms with Gasteiger partial charge in [0.05, 0.1) is 6.61 Å². The zero-order valence-corrected chi connectivity index (χ0v) is 11.2. The molecule has 0 aromatic rings. The third-order valence-corrected chi connectivity index (χ3v) is 2.74. The van der Waals surface area contributed by atoms with E-state index in [1.165, 1.54) is 0 Å². The van der Waals surface area contributed by atoms with E-state index in [1.807, 2.05) is 0 Å². The van der Waals surface area contributed by atoms with Crippen molar-refractivity contribution in [1.29, 1.82) is 0 Å². The number of nitrogens with zero attached hydrogens (tertiary/aromatic N) is 1. The van der Waals surface area contributed by atoms with Crippen LogP contribution in [0.5, 0.6) is 0 Å². The van der Waals surface area contributed by atoms with Gasteiger partial charge < -0.3 is 15.2 Å². The maximum Gasteiger partial charge on any atom is 0.0589 e.